The third-order valence-corrected chi connectivity index (χ3v) is 4.36. The van der Waals surface area contributed by atoms with Crippen molar-refractivity contribution >= 4 is 5.95 Å². The normalized spacial score (nSPS) is 18.2. The highest BCUT2D eigenvalue weighted by Gasteiger charge is 2.16. The molecule has 2 N–H and O–H groups in total. The van der Waals surface area contributed by atoms with Gasteiger partial charge in [0.25, 0.3) is 5.56 Å². The number of benzene rings is 1. The number of rotatable bonds is 7. The SMILES string of the molecule is COc1ccccc1OC(C)c1cc(=O)[nH]c(NCC2CCCOC2)n1. The van der Waals surface area contributed by atoms with Crippen molar-refractivity contribution in [1.82, 2.24) is 9.97 Å². The second-order valence-corrected chi connectivity index (χ2v) is 6.39. The van der Waals surface area contributed by atoms with Gasteiger partial charge in [0.05, 0.1) is 19.4 Å². The molecule has 3 rings (SSSR count). The van der Waals surface area contributed by atoms with E-state index in [-0.39, 0.29) is 5.56 Å². The number of H-pyrrole nitrogens is 1. The number of aromatic nitrogens is 2. The van der Waals surface area contributed by atoms with E-state index < -0.39 is 6.10 Å². The first kappa shape index (κ1) is 18.3. The lowest BCUT2D eigenvalue weighted by Crippen LogP contribution is -2.26. The van der Waals surface area contributed by atoms with E-state index >= 15 is 0 Å². The van der Waals surface area contributed by atoms with Gasteiger partial charge in [0.1, 0.15) is 6.10 Å². The lowest BCUT2D eigenvalue weighted by Gasteiger charge is -2.22. The summed E-state index contributed by atoms with van der Waals surface area (Å²) in [6, 6.07) is 8.85. The van der Waals surface area contributed by atoms with E-state index in [0.29, 0.717) is 35.6 Å². The fourth-order valence-corrected chi connectivity index (χ4v) is 2.94. The minimum atomic E-state index is -0.396. The Morgan fingerprint density at radius 1 is 1.38 bits per heavy atom. The molecule has 1 aliphatic heterocycles. The van der Waals surface area contributed by atoms with Crippen molar-refractivity contribution in [3.05, 3.63) is 46.4 Å². The van der Waals surface area contributed by atoms with Crippen LogP contribution in [0.3, 0.4) is 0 Å². The molecule has 0 amide bonds. The van der Waals surface area contributed by atoms with Crippen molar-refractivity contribution in [3.8, 4) is 11.5 Å². The largest absolute Gasteiger partial charge is 0.493 e. The molecule has 140 valence electrons. The fraction of sp³-hybridized carbons (Fsp3) is 0.474. The van der Waals surface area contributed by atoms with Gasteiger partial charge in [-0.25, -0.2) is 4.98 Å². The van der Waals surface area contributed by atoms with Crippen molar-refractivity contribution < 1.29 is 14.2 Å². The number of hydrogen-bond donors (Lipinski definition) is 2. The maximum atomic E-state index is 12.0. The van der Waals surface area contributed by atoms with Crippen molar-refractivity contribution in [2.45, 2.75) is 25.9 Å². The number of nitrogens with zero attached hydrogens (tertiary/aromatic N) is 1. The Balaban J connectivity index is 1.68. The molecule has 0 aliphatic carbocycles. The lowest BCUT2D eigenvalue weighted by atomic mass is 10.0. The molecule has 2 unspecified atom stereocenters. The van der Waals surface area contributed by atoms with Gasteiger partial charge in [-0.1, -0.05) is 12.1 Å². The van der Waals surface area contributed by atoms with E-state index in [1.165, 1.54) is 6.07 Å². The summed E-state index contributed by atoms with van der Waals surface area (Å²) in [5.41, 5.74) is 0.343. The van der Waals surface area contributed by atoms with Crippen LogP contribution >= 0.6 is 0 Å². The first-order chi connectivity index (χ1) is 12.7. The second kappa shape index (κ2) is 8.71. The number of ether oxygens (including phenoxy) is 3. The highest BCUT2D eigenvalue weighted by molar-refractivity contribution is 5.39. The smallest absolute Gasteiger partial charge is 0.252 e. The van der Waals surface area contributed by atoms with Gasteiger partial charge >= 0.3 is 0 Å². The molecule has 1 aromatic heterocycles. The van der Waals surface area contributed by atoms with E-state index in [2.05, 4.69) is 15.3 Å². The van der Waals surface area contributed by atoms with Crippen LogP contribution in [0.2, 0.25) is 0 Å². The predicted molar refractivity (Wildman–Crippen MR) is 98.9 cm³/mol. The molecule has 1 aliphatic rings. The number of para-hydroxylation sites is 2. The summed E-state index contributed by atoms with van der Waals surface area (Å²) in [4.78, 5) is 19.2. The van der Waals surface area contributed by atoms with Gasteiger partial charge in [-0.05, 0) is 37.8 Å². The first-order valence-corrected chi connectivity index (χ1v) is 8.88. The molecule has 0 saturated carbocycles. The number of hydrogen-bond acceptors (Lipinski definition) is 6. The maximum absolute atomic E-state index is 12.0. The van der Waals surface area contributed by atoms with E-state index in [1.54, 1.807) is 7.11 Å². The summed E-state index contributed by atoms with van der Waals surface area (Å²) >= 11 is 0. The number of methoxy groups -OCH3 is 1. The third-order valence-electron chi connectivity index (χ3n) is 4.36. The van der Waals surface area contributed by atoms with E-state index in [9.17, 15) is 4.79 Å². The Bertz CT molecular complexity index is 771. The van der Waals surface area contributed by atoms with Gasteiger partial charge in [0, 0.05) is 19.2 Å². The molecule has 2 atom stereocenters. The average Bonchev–Trinajstić information content (AvgIpc) is 2.67. The Morgan fingerprint density at radius 3 is 2.92 bits per heavy atom. The van der Waals surface area contributed by atoms with E-state index in [0.717, 1.165) is 26.1 Å². The summed E-state index contributed by atoms with van der Waals surface area (Å²) in [6.45, 7) is 4.14. The van der Waals surface area contributed by atoms with Gasteiger partial charge in [-0.15, -0.1) is 0 Å². The van der Waals surface area contributed by atoms with Gasteiger partial charge in [-0.2, -0.15) is 0 Å². The molecule has 2 aromatic rings. The zero-order valence-corrected chi connectivity index (χ0v) is 15.2. The fourth-order valence-electron chi connectivity index (χ4n) is 2.94. The van der Waals surface area contributed by atoms with Crippen LogP contribution in [0.5, 0.6) is 11.5 Å². The minimum Gasteiger partial charge on any atom is -0.493 e. The molecule has 7 heteroatoms. The molecule has 1 saturated heterocycles. The van der Waals surface area contributed by atoms with Gasteiger partial charge in [0.15, 0.2) is 11.5 Å². The van der Waals surface area contributed by atoms with E-state index in [1.807, 2.05) is 31.2 Å². The Labute approximate surface area is 152 Å². The molecule has 26 heavy (non-hydrogen) atoms. The Hall–Kier alpha value is -2.54. The number of anilines is 1. The first-order valence-electron chi connectivity index (χ1n) is 8.88. The summed E-state index contributed by atoms with van der Waals surface area (Å²) in [6.07, 6.45) is 1.79. The van der Waals surface area contributed by atoms with E-state index in [4.69, 9.17) is 14.2 Å². The standard InChI is InChI=1S/C19H25N3O4/c1-13(26-17-8-4-3-7-16(17)24-2)15-10-18(23)22-19(21-15)20-11-14-6-5-9-25-12-14/h3-4,7-8,10,13-14H,5-6,9,11-12H2,1-2H3,(H2,20,21,22,23). The molecule has 0 radical (unpaired) electrons. The Morgan fingerprint density at radius 2 is 2.19 bits per heavy atom. The van der Waals surface area contributed by atoms with Crippen molar-refractivity contribution in [1.29, 1.82) is 0 Å². The van der Waals surface area contributed by atoms with Crippen LogP contribution in [-0.2, 0) is 4.74 Å². The highest BCUT2D eigenvalue weighted by atomic mass is 16.5. The molecule has 1 aromatic carbocycles. The number of aromatic amines is 1. The van der Waals surface area contributed by atoms with Crippen LogP contribution in [0.25, 0.3) is 0 Å². The van der Waals surface area contributed by atoms with Crippen LogP contribution < -0.4 is 20.3 Å². The molecule has 7 nitrogen and oxygen atoms in total. The lowest BCUT2D eigenvalue weighted by molar-refractivity contribution is 0.0594. The van der Waals surface area contributed by atoms with Crippen molar-refractivity contribution in [2.24, 2.45) is 5.92 Å². The average molecular weight is 359 g/mol. The molecule has 0 spiro atoms. The van der Waals surface area contributed by atoms with Gasteiger partial charge < -0.3 is 19.5 Å². The van der Waals surface area contributed by atoms with Crippen LogP contribution in [0.4, 0.5) is 5.95 Å². The number of nitrogens with one attached hydrogen (secondary N) is 2. The predicted octanol–water partition coefficient (Wildman–Crippen LogP) is 2.76. The molecule has 0 bridgehead atoms. The summed E-state index contributed by atoms with van der Waals surface area (Å²) in [5, 5.41) is 3.21. The highest BCUT2D eigenvalue weighted by Crippen LogP contribution is 2.30. The zero-order chi connectivity index (χ0) is 18.4. The third kappa shape index (κ3) is 4.76. The minimum absolute atomic E-state index is 0.215. The summed E-state index contributed by atoms with van der Waals surface area (Å²) in [5.74, 6) is 2.13. The second-order valence-electron chi connectivity index (χ2n) is 6.39. The topological polar surface area (TPSA) is 85.5 Å². The van der Waals surface area contributed by atoms with Crippen molar-refractivity contribution in [3.63, 3.8) is 0 Å². The molecule has 2 heterocycles. The summed E-state index contributed by atoms with van der Waals surface area (Å²) in [7, 11) is 1.59. The Kier molecular flexibility index (Phi) is 6.12. The molecular formula is C19H25N3O4. The van der Waals surface area contributed by atoms with Gasteiger partial charge in [0.2, 0.25) is 5.95 Å². The summed E-state index contributed by atoms with van der Waals surface area (Å²) < 4.78 is 16.7. The quantitative estimate of drug-likeness (QED) is 0.791. The van der Waals surface area contributed by atoms with Crippen LogP contribution in [0.15, 0.2) is 35.1 Å². The monoisotopic (exact) mass is 359 g/mol. The van der Waals surface area contributed by atoms with Crippen LogP contribution in [0.1, 0.15) is 31.6 Å². The van der Waals surface area contributed by atoms with Crippen molar-refractivity contribution in [2.75, 3.05) is 32.2 Å². The maximum Gasteiger partial charge on any atom is 0.252 e. The van der Waals surface area contributed by atoms with Crippen LogP contribution in [-0.4, -0.2) is 36.8 Å². The van der Waals surface area contributed by atoms with Gasteiger partial charge in [-0.3, -0.25) is 9.78 Å². The van der Waals surface area contributed by atoms with Crippen LogP contribution in [0, 0.1) is 5.92 Å². The molecule has 1 fully saturated rings. The molecular weight excluding hydrogens is 334 g/mol. The zero-order valence-electron chi connectivity index (χ0n) is 15.2.